The lowest BCUT2D eigenvalue weighted by molar-refractivity contribution is 0.483. The number of aromatic nitrogens is 2. The minimum Gasteiger partial charge on any atom is -0.316 e. The maximum atomic E-state index is 13.8. The predicted molar refractivity (Wildman–Crippen MR) is 73.1 cm³/mol. The van der Waals surface area contributed by atoms with Gasteiger partial charge in [0.05, 0.1) is 0 Å². The quantitative estimate of drug-likeness (QED) is 0.869. The fourth-order valence-electron chi connectivity index (χ4n) is 1.78. The zero-order valence-corrected chi connectivity index (χ0v) is 12.2. The van der Waals surface area contributed by atoms with Crippen LogP contribution in [0.4, 0.5) is 14.6 Å². The third-order valence-corrected chi connectivity index (χ3v) is 4.03. The van der Waals surface area contributed by atoms with Crippen LogP contribution in [-0.2, 0) is 23.6 Å². The van der Waals surface area contributed by atoms with Gasteiger partial charge in [0.25, 0.3) is 10.0 Å². The molecular weight excluding hydrogens is 302 g/mol. The van der Waals surface area contributed by atoms with Crippen molar-refractivity contribution in [2.45, 2.75) is 11.4 Å². The van der Waals surface area contributed by atoms with Crippen molar-refractivity contribution in [1.29, 1.82) is 0 Å². The molecule has 0 radical (unpaired) electrons. The number of benzene rings is 1. The van der Waals surface area contributed by atoms with Crippen molar-refractivity contribution in [1.82, 2.24) is 15.1 Å². The topological polar surface area (TPSA) is 76.0 Å². The Morgan fingerprint density at radius 2 is 2.05 bits per heavy atom. The number of hydrogen-bond acceptors (Lipinski definition) is 4. The van der Waals surface area contributed by atoms with Crippen molar-refractivity contribution in [3.8, 4) is 0 Å². The average molecular weight is 316 g/mol. The molecule has 114 valence electrons. The molecule has 1 heterocycles. The van der Waals surface area contributed by atoms with Crippen molar-refractivity contribution >= 4 is 15.8 Å². The second kappa shape index (κ2) is 5.78. The highest BCUT2D eigenvalue weighted by molar-refractivity contribution is 7.92. The molecule has 0 aliphatic heterocycles. The summed E-state index contributed by atoms with van der Waals surface area (Å²) < 4.78 is 55.1. The van der Waals surface area contributed by atoms with E-state index >= 15 is 0 Å². The molecule has 21 heavy (non-hydrogen) atoms. The Balaban J connectivity index is 2.43. The van der Waals surface area contributed by atoms with E-state index in [1.54, 1.807) is 14.1 Å². The monoisotopic (exact) mass is 316 g/mol. The van der Waals surface area contributed by atoms with E-state index in [1.807, 2.05) is 0 Å². The molecule has 0 unspecified atom stereocenters. The Morgan fingerprint density at radius 3 is 2.62 bits per heavy atom. The second-order valence-corrected chi connectivity index (χ2v) is 6.05. The van der Waals surface area contributed by atoms with Crippen LogP contribution in [0.3, 0.4) is 0 Å². The predicted octanol–water partition coefficient (Wildman–Crippen LogP) is 1.22. The van der Waals surface area contributed by atoms with Crippen molar-refractivity contribution in [3.63, 3.8) is 0 Å². The summed E-state index contributed by atoms with van der Waals surface area (Å²) in [4.78, 5) is -0.751. The van der Waals surface area contributed by atoms with Crippen LogP contribution in [-0.4, -0.2) is 25.2 Å². The number of nitrogens with one attached hydrogen (secondary N) is 2. The zero-order chi connectivity index (χ0) is 15.6. The molecule has 0 amide bonds. The van der Waals surface area contributed by atoms with Gasteiger partial charge in [0, 0.05) is 25.9 Å². The van der Waals surface area contributed by atoms with Crippen molar-refractivity contribution in [2.24, 2.45) is 7.05 Å². The van der Waals surface area contributed by atoms with Crippen molar-refractivity contribution in [2.75, 3.05) is 11.8 Å². The van der Waals surface area contributed by atoms with Gasteiger partial charge in [0.15, 0.2) is 17.5 Å². The van der Waals surface area contributed by atoms with Crippen molar-refractivity contribution < 1.29 is 17.2 Å². The van der Waals surface area contributed by atoms with Gasteiger partial charge >= 0.3 is 0 Å². The van der Waals surface area contributed by atoms with Gasteiger partial charge in [-0.2, -0.15) is 5.10 Å². The molecule has 0 saturated heterocycles. The van der Waals surface area contributed by atoms with E-state index < -0.39 is 26.6 Å². The number of anilines is 1. The lowest BCUT2D eigenvalue weighted by Crippen LogP contribution is -2.17. The molecule has 0 spiro atoms. The summed E-state index contributed by atoms with van der Waals surface area (Å²) in [5.74, 6) is -2.61. The number of hydrogen-bond donors (Lipinski definition) is 2. The van der Waals surface area contributed by atoms with E-state index in [0.29, 0.717) is 5.56 Å². The Morgan fingerprint density at radius 1 is 1.33 bits per heavy atom. The molecule has 0 aliphatic carbocycles. The second-order valence-electron chi connectivity index (χ2n) is 4.40. The van der Waals surface area contributed by atoms with E-state index in [2.05, 4.69) is 15.1 Å². The molecule has 2 aromatic rings. The summed E-state index contributed by atoms with van der Waals surface area (Å²) in [6.07, 6.45) is 1.52. The highest BCUT2D eigenvalue weighted by atomic mass is 32.2. The SMILES string of the molecule is CNCc1cc(F)c(F)c(S(=O)(=O)Nc2ccn(C)n2)c1. The van der Waals surface area contributed by atoms with Crippen LogP contribution in [0.15, 0.2) is 29.3 Å². The first-order chi connectivity index (χ1) is 9.83. The number of rotatable bonds is 5. The van der Waals surface area contributed by atoms with Gasteiger partial charge < -0.3 is 5.32 Å². The minimum atomic E-state index is -4.26. The summed E-state index contributed by atoms with van der Waals surface area (Å²) in [6.45, 7) is 0.212. The van der Waals surface area contributed by atoms with Crippen LogP contribution in [0.1, 0.15) is 5.56 Å². The lowest BCUT2D eigenvalue weighted by atomic mass is 10.2. The molecule has 0 fully saturated rings. The Bertz CT molecular complexity index is 759. The molecular formula is C12H14F2N4O2S. The van der Waals surface area contributed by atoms with Crippen LogP contribution < -0.4 is 10.0 Å². The first-order valence-electron chi connectivity index (χ1n) is 5.98. The standard InChI is InChI=1S/C12H14F2N4O2S/c1-15-7-8-5-9(13)12(14)10(6-8)21(19,20)17-11-3-4-18(2)16-11/h3-6,15H,7H2,1-2H3,(H,16,17). The van der Waals surface area contributed by atoms with Gasteiger partial charge in [-0.05, 0) is 24.7 Å². The molecule has 0 atom stereocenters. The first kappa shape index (κ1) is 15.4. The van der Waals surface area contributed by atoms with Crippen LogP contribution in [0, 0.1) is 11.6 Å². The van der Waals surface area contributed by atoms with Crippen LogP contribution in [0.5, 0.6) is 0 Å². The molecule has 0 bridgehead atoms. The number of sulfonamides is 1. The van der Waals surface area contributed by atoms with E-state index in [4.69, 9.17) is 0 Å². The van der Waals surface area contributed by atoms with E-state index in [0.717, 1.165) is 12.1 Å². The van der Waals surface area contributed by atoms with E-state index in [1.165, 1.54) is 16.9 Å². The average Bonchev–Trinajstić information content (AvgIpc) is 2.78. The molecule has 0 aliphatic rings. The highest BCUT2D eigenvalue weighted by Gasteiger charge is 2.23. The Kier molecular flexibility index (Phi) is 4.24. The van der Waals surface area contributed by atoms with Gasteiger partial charge in [-0.1, -0.05) is 0 Å². The summed E-state index contributed by atoms with van der Waals surface area (Å²) in [5, 5.41) is 6.57. The molecule has 2 rings (SSSR count). The molecule has 6 nitrogen and oxygen atoms in total. The Labute approximate surface area is 120 Å². The Hall–Kier alpha value is -2.00. The maximum absolute atomic E-state index is 13.8. The highest BCUT2D eigenvalue weighted by Crippen LogP contribution is 2.22. The largest absolute Gasteiger partial charge is 0.316 e. The van der Waals surface area contributed by atoms with E-state index in [9.17, 15) is 17.2 Å². The molecule has 1 aromatic carbocycles. The fraction of sp³-hybridized carbons (Fsp3) is 0.250. The maximum Gasteiger partial charge on any atom is 0.266 e. The third-order valence-electron chi connectivity index (χ3n) is 2.68. The van der Waals surface area contributed by atoms with Gasteiger partial charge in [0.2, 0.25) is 0 Å². The normalized spacial score (nSPS) is 11.6. The van der Waals surface area contributed by atoms with Gasteiger partial charge in [-0.25, -0.2) is 17.2 Å². The van der Waals surface area contributed by atoms with E-state index in [-0.39, 0.29) is 12.4 Å². The lowest BCUT2D eigenvalue weighted by Gasteiger charge is -2.09. The molecule has 9 heteroatoms. The summed E-state index contributed by atoms with van der Waals surface area (Å²) >= 11 is 0. The minimum absolute atomic E-state index is 0.0244. The van der Waals surface area contributed by atoms with Gasteiger partial charge in [0.1, 0.15) is 4.90 Å². The van der Waals surface area contributed by atoms with Crippen LogP contribution in [0.25, 0.3) is 0 Å². The molecule has 1 aromatic heterocycles. The van der Waals surface area contributed by atoms with Gasteiger partial charge in [-0.15, -0.1) is 0 Å². The molecule has 0 saturated carbocycles. The fourth-order valence-corrected chi connectivity index (χ4v) is 2.92. The number of halogens is 2. The summed E-state index contributed by atoms with van der Waals surface area (Å²) in [7, 11) is -1.05. The van der Waals surface area contributed by atoms with Crippen molar-refractivity contribution in [3.05, 3.63) is 41.6 Å². The van der Waals surface area contributed by atoms with Crippen LogP contribution >= 0.6 is 0 Å². The molecule has 2 N–H and O–H groups in total. The number of nitrogens with zero attached hydrogens (tertiary/aromatic N) is 2. The number of aryl methyl sites for hydroxylation is 1. The zero-order valence-electron chi connectivity index (χ0n) is 11.4. The smallest absolute Gasteiger partial charge is 0.266 e. The summed E-state index contributed by atoms with van der Waals surface area (Å²) in [5.41, 5.74) is 0.317. The third kappa shape index (κ3) is 3.37. The summed E-state index contributed by atoms with van der Waals surface area (Å²) in [6, 6.07) is 3.44. The van der Waals surface area contributed by atoms with Gasteiger partial charge in [-0.3, -0.25) is 9.40 Å². The van der Waals surface area contributed by atoms with Crippen LogP contribution in [0.2, 0.25) is 0 Å². The first-order valence-corrected chi connectivity index (χ1v) is 7.47.